The number of aliphatic hydroxyl groups is 2. The zero-order valence-electron chi connectivity index (χ0n) is 45.9. The van der Waals surface area contributed by atoms with E-state index >= 15 is 0 Å². The molecule has 0 aliphatic carbocycles. The second-order valence-electron chi connectivity index (χ2n) is 21.0. The van der Waals surface area contributed by atoms with Crippen LogP contribution in [-0.2, 0) is 14.3 Å². The monoisotopic (exact) mass is 958 g/mol. The maximum Gasteiger partial charge on any atom is 0.305 e. The van der Waals surface area contributed by atoms with Gasteiger partial charge in [-0.3, -0.25) is 9.59 Å². The van der Waals surface area contributed by atoms with Gasteiger partial charge in [-0.15, -0.1) is 0 Å². The quantitative estimate of drug-likeness (QED) is 0.0321. The SMILES string of the molecule is CCCCCCCCCCCCCCCCCCC(O)C(CO)NC(=O)CCCCCCCCC/C=C\C/C=C\CCCCCCCCCCCOC(=O)CCCCCCCCCCCCCC. The van der Waals surface area contributed by atoms with E-state index in [0.717, 1.165) is 44.9 Å². The van der Waals surface area contributed by atoms with Gasteiger partial charge in [0.15, 0.2) is 0 Å². The number of rotatable bonds is 57. The number of carbonyl (C=O) groups excluding carboxylic acids is 2. The molecule has 3 N–H and O–H groups in total. The molecule has 68 heavy (non-hydrogen) atoms. The predicted molar refractivity (Wildman–Crippen MR) is 296 cm³/mol. The molecule has 2 atom stereocenters. The molecule has 6 nitrogen and oxygen atoms in total. The van der Waals surface area contributed by atoms with Crippen molar-refractivity contribution in [2.75, 3.05) is 13.2 Å². The fourth-order valence-corrected chi connectivity index (χ4v) is 9.55. The summed E-state index contributed by atoms with van der Waals surface area (Å²) in [6.07, 6.45) is 70.4. The minimum absolute atomic E-state index is 0.00804. The van der Waals surface area contributed by atoms with Gasteiger partial charge >= 0.3 is 5.97 Å². The Morgan fingerprint density at radius 2 is 0.735 bits per heavy atom. The topological polar surface area (TPSA) is 95.9 Å². The molecule has 0 aliphatic rings. The van der Waals surface area contributed by atoms with Gasteiger partial charge in [0.2, 0.25) is 5.91 Å². The standard InChI is InChI=1S/C62H119NO5/c1-3-5-7-9-11-13-15-17-18-28-31-34-38-42-46-50-54-60(65)59(58-64)63-61(66)55-51-47-43-39-35-32-29-26-24-22-20-19-21-23-25-27-30-33-37-41-45-49-53-57-68-62(67)56-52-48-44-40-36-16-14-12-10-8-6-4-2/h19,21-22,24,59-60,64-65H,3-18,20,23,25-58H2,1-2H3,(H,63,66)/b21-19-,24-22-. The highest BCUT2D eigenvalue weighted by Crippen LogP contribution is 2.17. The number of amides is 1. The third-order valence-corrected chi connectivity index (χ3v) is 14.3. The Morgan fingerprint density at radius 3 is 1.12 bits per heavy atom. The summed E-state index contributed by atoms with van der Waals surface area (Å²) in [5.74, 6) is -0.0353. The molecular weight excluding hydrogens is 839 g/mol. The molecule has 0 spiro atoms. The van der Waals surface area contributed by atoms with E-state index in [1.165, 1.54) is 257 Å². The summed E-state index contributed by atoms with van der Waals surface area (Å²) in [6, 6.07) is -0.549. The molecule has 402 valence electrons. The number of hydrogen-bond acceptors (Lipinski definition) is 5. The lowest BCUT2D eigenvalue weighted by atomic mass is 10.0. The number of unbranched alkanes of at least 4 members (excludes halogenated alkanes) is 42. The van der Waals surface area contributed by atoms with Crippen LogP contribution in [0.5, 0.6) is 0 Å². The molecule has 0 saturated heterocycles. The first-order valence-corrected chi connectivity index (χ1v) is 30.6. The Labute approximate surface area is 424 Å². The van der Waals surface area contributed by atoms with Crippen molar-refractivity contribution >= 4 is 11.9 Å². The summed E-state index contributed by atoms with van der Waals surface area (Å²) >= 11 is 0. The summed E-state index contributed by atoms with van der Waals surface area (Å²) < 4.78 is 5.47. The molecular formula is C62H119NO5. The highest BCUT2D eigenvalue weighted by atomic mass is 16.5. The molecule has 0 fully saturated rings. The highest BCUT2D eigenvalue weighted by molar-refractivity contribution is 5.76. The van der Waals surface area contributed by atoms with Gasteiger partial charge in [-0.2, -0.15) is 0 Å². The van der Waals surface area contributed by atoms with Crippen molar-refractivity contribution in [2.24, 2.45) is 0 Å². The average Bonchev–Trinajstić information content (AvgIpc) is 3.34. The van der Waals surface area contributed by atoms with Crippen molar-refractivity contribution in [2.45, 2.75) is 347 Å². The van der Waals surface area contributed by atoms with E-state index in [1.807, 2.05) is 0 Å². The Bertz CT molecular complexity index is 1060. The molecule has 0 aromatic rings. The molecule has 0 aromatic heterocycles. The molecule has 0 radical (unpaired) electrons. The smallest absolute Gasteiger partial charge is 0.305 e. The van der Waals surface area contributed by atoms with E-state index < -0.39 is 12.1 Å². The molecule has 2 unspecified atom stereocenters. The van der Waals surface area contributed by atoms with Gasteiger partial charge in [-0.25, -0.2) is 0 Å². The van der Waals surface area contributed by atoms with Crippen LogP contribution >= 0.6 is 0 Å². The van der Waals surface area contributed by atoms with Gasteiger partial charge in [-0.1, -0.05) is 289 Å². The third kappa shape index (κ3) is 53.7. The van der Waals surface area contributed by atoms with Crippen LogP contribution in [0, 0.1) is 0 Å². The first-order valence-electron chi connectivity index (χ1n) is 30.6. The summed E-state index contributed by atoms with van der Waals surface area (Å²) in [5.41, 5.74) is 0. The number of allylic oxidation sites excluding steroid dienone is 4. The van der Waals surface area contributed by atoms with Gasteiger partial charge in [0.05, 0.1) is 25.4 Å². The molecule has 6 heteroatoms. The molecule has 0 bridgehead atoms. The largest absolute Gasteiger partial charge is 0.466 e. The fourth-order valence-electron chi connectivity index (χ4n) is 9.55. The van der Waals surface area contributed by atoms with Crippen molar-refractivity contribution in [3.63, 3.8) is 0 Å². The molecule has 0 heterocycles. The van der Waals surface area contributed by atoms with Gasteiger partial charge in [-0.05, 0) is 57.8 Å². The lowest BCUT2D eigenvalue weighted by Crippen LogP contribution is -2.45. The van der Waals surface area contributed by atoms with Crippen molar-refractivity contribution in [3.05, 3.63) is 24.3 Å². The Hall–Kier alpha value is -1.66. The van der Waals surface area contributed by atoms with Crippen LogP contribution in [0.1, 0.15) is 335 Å². The van der Waals surface area contributed by atoms with Crippen LogP contribution in [0.15, 0.2) is 24.3 Å². The van der Waals surface area contributed by atoms with Crippen molar-refractivity contribution in [1.29, 1.82) is 0 Å². The van der Waals surface area contributed by atoms with Gasteiger partial charge in [0.1, 0.15) is 0 Å². The van der Waals surface area contributed by atoms with Crippen molar-refractivity contribution in [1.82, 2.24) is 5.32 Å². The maximum atomic E-state index is 12.5. The van der Waals surface area contributed by atoms with Gasteiger partial charge < -0.3 is 20.3 Å². The van der Waals surface area contributed by atoms with Crippen LogP contribution in [0.3, 0.4) is 0 Å². The number of esters is 1. The van der Waals surface area contributed by atoms with Crippen molar-refractivity contribution in [3.8, 4) is 0 Å². The number of ether oxygens (including phenoxy) is 1. The number of carbonyl (C=O) groups is 2. The third-order valence-electron chi connectivity index (χ3n) is 14.3. The first-order chi connectivity index (χ1) is 33.5. The molecule has 1 amide bonds. The number of aliphatic hydroxyl groups excluding tert-OH is 2. The second kappa shape index (κ2) is 57.9. The van der Waals surface area contributed by atoms with E-state index in [4.69, 9.17) is 4.74 Å². The van der Waals surface area contributed by atoms with E-state index in [0.29, 0.717) is 25.9 Å². The summed E-state index contributed by atoms with van der Waals surface area (Å²) in [4.78, 5) is 24.5. The summed E-state index contributed by atoms with van der Waals surface area (Å²) in [6.45, 7) is 4.96. The predicted octanol–water partition coefficient (Wildman–Crippen LogP) is 19.0. The van der Waals surface area contributed by atoms with Crippen molar-refractivity contribution < 1.29 is 24.5 Å². The first kappa shape index (κ1) is 66.3. The van der Waals surface area contributed by atoms with E-state index in [1.54, 1.807) is 0 Å². The molecule has 0 rings (SSSR count). The van der Waals surface area contributed by atoms with Crippen LogP contribution in [-0.4, -0.2) is 47.4 Å². The minimum atomic E-state index is -0.670. The lowest BCUT2D eigenvalue weighted by molar-refractivity contribution is -0.143. The van der Waals surface area contributed by atoms with Gasteiger partial charge in [0.25, 0.3) is 0 Å². The average molecular weight is 959 g/mol. The zero-order valence-corrected chi connectivity index (χ0v) is 45.9. The normalized spacial score (nSPS) is 12.7. The summed E-state index contributed by atoms with van der Waals surface area (Å²) in [5, 5.41) is 23.3. The maximum absolute atomic E-state index is 12.5. The van der Waals surface area contributed by atoms with E-state index in [2.05, 4.69) is 43.5 Å². The zero-order chi connectivity index (χ0) is 49.3. The summed E-state index contributed by atoms with van der Waals surface area (Å²) in [7, 11) is 0. The molecule has 0 aliphatic heterocycles. The second-order valence-corrected chi connectivity index (χ2v) is 21.0. The fraction of sp³-hybridized carbons (Fsp3) is 0.903. The Kier molecular flexibility index (Phi) is 56.5. The Morgan fingerprint density at radius 1 is 0.412 bits per heavy atom. The lowest BCUT2D eigenvalue weighted by Gasteiger charge is -2.22. The van der Waals surface area contributed by atoms with Gasteiger partial charge in [0, 0.05) is 12.8 Å². The van der Waals surface area contributed by atoms with Crippen LogP contribution < -0.4 is 5.32 Å². The molecule has 0 aromatic carbocycles. The van der Waals surface area contributed by atoms with Crippen LogP contribution in [0.2, 0.25) is 0 Å². The Balaban J connectivity index is 3.45. The van der Waals surface area contributed by atoms with E-state index in [9.17, 15) is 19.8 Å². The number of nitrogens with one attached hydrogen (secondary N) is 1. The highest BCUT2D eigenvalue weighted by Gasteiger charge is 2.20. The minimum Gasteiger partial charge on any atom is -0.466 e. The molecule has 0 saturated carbocycles. The van der Waals surface area contributed by atoms with Crippen LogP contribution in [0.4, 0.5) is 0 Å². The van der Waals surface area contributed by atoms with E-state index in [-0.39, 0.29) is 18.5 Å². The van der Waals surface area contributed by atoms with Crippen LogP contribution in [0.25, 0.3) is 0 Å². The number of hydrogen-bond donors (Lipinski definition) is 3.